The van der Waals surface area contributed by atoms with Crippen LogP contribution >= 0.6 is 7.82 Å². The van der Waals surface area contributed by atoms with Gasteiger partial charge in [-0.25, -0.2) is 4.57 Å². The van der Waals surface area contributed by atoms with Crippen molar-refractivity contribution < 1.29 is 63.1 Å². The SMILES string of the molecule is CCCCC/C=C/C/C=C/CCCCCCCC(=O)OC[C@H](COP(=O)(O)OC1[C@H](O)[C@H](O)C(O)[C@H](O)[C@H]1O)OC(=O)CCCCCCC/C=C/C/C=C/CCCCC. The Morgan fingerprint density at radius 1 is 0.525 bits per heavy atom. The molecular formula is C45H79O13P. The molecule has 1 aliphatic carbocycles. The summed E-state index contributed by atoms with van der Waals surface area (Å²) in [4.78, 5) is 35.6. The van der Waals surface area contributed by atoms with Gasteiger partial charge in [-0.05, 0) is 77.0 Å². The van der Waals surface area contributed by atoms with Crippen LogP contribution in [0, 0.1) is 0 Å². The van der Waals surface area contributed by atoms with Gasteiger partial charge in [0.25, 0.3) is 0 Å². The third-order valence-electron chi connectivity index (χ3n) is 10.1. The van der Waals surface area contributed by atoms with E-state index in [4.69, 9.17) is 18.5 Å². The topological polar surface area (TPSA) is 210 Å². The predicted molar refractivity (Wildman–Crippen MR) is 230 cm³/mol. The van der Waals surface area contributed by atoms with Crippen molar-refractivity contribution in [3.63, 3.8) is 0 Å². The number of aliphatic hydroxyl groups excluding tert-OH is 5. The molecule has 0 heterocycles. The summed E-state index contributed by atoms with van der Waals surface area (Å²) in [5.41, 5.74) is 0. The number of carbonyl (C=O) groups is 2. The number of allylic oxidation sites excluding steroid dienone is 8. The van der Waals surface area contributed by atoms with Crippen molar-refractivity contribution in [3.05, 3.63) is 48.6 Å². The van der Waals surface area contributed by atoms with Crippen LogP contribution in [0.2, 0.25) is 0 Å². The molecule has 0 aromatic carbocycles. The smallest absolute Gasteiger partial charge is 0.462 e. The molecule has 0 amide bonds. The van der Waals surface area contributed by atoms with Gasteiger partial charge in [0.2, 0.25) is 0 Å². The molecule has 1 rings (SSSR count). The Hall–Kier alpha value is -2.19. The first kappa shape index (κ1) is 54.8. The fourth-order valence-corrected chi connectivity index (χ4v) is 7.44. The van der Waals surface area contributed by atoms with E-state index in [1.807, 2.05) is 0 Å². The Labute approximate surface area is 354 Å². The number of phosphoric acid groups is 1. The Kier molecular flexibility index (Phi) is 32.9. The molecule has 342 valence electrons. The summed E-state index contributed by atoms with van der Waals surface area (Å²) in [6.45, 7) is 3.21. The molecule has 0 aromatic rings. The first-order valence-corrected chi connectivity index (χ1v) is 23.9. The number of carbonyl (C=O) groups excluding carboxylic acids is 2. The molecule has 6 N–H and O–H groups in total. The maximum atomic E-state index is 12.8. The summed E-state index contributed by atoms with van der Waals surface area (Å²) >= 11 is 0. The maximum Gasteiger partial charge on any atom is 0.472 e. The molecule has 59 heavy (non-hydrogen) atoms. The van der Waals surface area contributed by atoms with Crippen molar-refractivity contribution in [2.24, 2.45) is 0 Å². The zero-order valence-electron chi connectivity index (χ0n) is 36.0. The lowest BCUT2D eigenvalue weighted by Crippen LogP contribution is -2.64. The largest absolute Gasteiger partial charge is 0.472 e. The molecule has 13 nitrogen and oxygen atoms in total. The van der Waals surface area contributed by atoms with Gasteiger partial charge in [0.15, 0.2) is 6.10 Å². The summed E-state index contributed by atoms with van der Waals surface area (Å²) in [6, 6.07) is 0. The molecule has 0 bridgehead atoms. The highest BCUT2D eigenvalue weighted by Gasteiger charge is 2.51. The molecule has 8 atom stereocenters. The van der Waals surface area contributed by atoms with Gasteiger partial charge in [0.1, 0.15) is 43.2 Å². The van der Waals surface area contributed by atoms with Gasteiger partial charge in [-0.1, -0.05) is 127 Å². The Morgan fingerprint density at radius 2 is 0.915 bits per heavy atom. The van der Waals surface area contributed by atoms with Gasteiger partial charge >= 0.3 is 19.8 Å². The molecule has 3 unspecified atom stereocenters. The zero-order chi connectivity index (χ0) is 43.6. The zero-order valence-corrected chi connectivity index (χ0v) is 36.9. The Morgan fingerprint density at radius 3 is 1.37 bits per heavy atom. The van der Waals surface area contributed by atoms with Crippen molar-refractivity contribution in [1.29, 1.82) is 0 Å². The van der Waals surface area contributed by atoms with Gasteiger partial charge in [-0.3, -0.25) is 18.6 Å². The minimum absolute atomic E-state index is 0.0761. The number of aliphatic hydroxyl groups is 5. The third kappa shape index (κ3) is 28.1. The second kappa shape index (κ2) is 35.4. The van der Waals surface area contributed by atoms with Crippen LogP contribution in [0.4, 0.5) is 0 Å². The van der Waals surface area contributed by atoms with Crippen LogP contribution in [0.5, 0.6) is 0 Å². The highest BCUT2D eigenvalue weighted by molar-refractivity contribution is 7.47. The van der Waals surface area contributed by atoms with E-state index in [0.29, 0.717) is 12.8 Å². The molecule has 0 spiro atoms. The van der Waals surface area contributed by atoms with Crippen LogP contribution in [-0.2, 0) is 32.7 Å². The summed E-state index contributed by atoms with van der Waals surface area (Å²) in [5.74, 6) is -1.13. The van der Waals surface area contributed by atoms with Crippen LogP contribution in [0.25, 0.3) is 0 Å². The second-order valence-corrected chi connectivity index (χ2v) is 16.9. The molecule has 1 saturated carbocycles. The lowest BCUT2D eigenvalue weighted by Gasteiger charge is -2.41. The minimum atomic E-state index is -5.12. The van der Waals surface area contributed by atoms with E-state index >= 15 is 0 Å². The minimum Gasteiger partial charge on any atom is -0.462 e. The molecule has 0 saturated heterocycles. The summed E-state index contributed by atoms with van der Waals surface area (Å²) in [5, 5.41) is 50.1. The van der Waals surface area contributed by atoms with Crippen molar-refractivity contribution in [2.75, 3.05) is 13.2 Å². The highest BCUT2D eigenvalue weighted by Crippen LogP contribution is 2.47. The van der Waals surface area contributed by atoms with Gasteiger partial charge in [-0.15, -0.1) is 0 Å². The van der Waals surface area contributed by atoms with Gasteiger partial charge < -0.3 is 39.9 Å². The lowest BCUT2D eigenvalue weighted by molar-refractivity contribution is -0.220. The quantitative estimate of drug-likeness (QED) is 0.0152. The number of hydrogen-bond acceptors (Lipinski definition) is 12. The molecule has 0 aromatic heterocycles. The first-order valence-electron chi connectivity index (χ1n) is 22.4. The molecule has 0 radical (unpaired) electrons. The molecular weight excluding hydrogens is 779 g/mol. The van der Waals surface area contributed by atoms with Gasteiger partial charge in [-0.2, -0.15) is 0 Å². The predicted octanol–water partition coefficient (Wildman–Crippen LogP) is 8.39. The molecule has 1 aliphatic rings. The number of ether oxygens (including phenoxy) is 2. The van der Waals surface area contributed by atoms with Crippen molar-refractivity contribution in [2.45, 2.75) is 211 Å². The van der Waals surface area contributed by atoms with Crippen molar-refractivity contribution >= 4 is 19.8 Å². The van der Waals surface area contributed by atoms with Crippen molar-refractivity contribution in [1.82, 2.24) is 0 Å². The standard InChI is InChI=1S/C45H79O13P/c1-3-5-7-9-11-13-15-17-19-21-23-25-27-29-31-33-38(46)55-35-37(36-56-59(53,54)58-45-43(51)41(49)40(48)42(50)44(45)52)57-39(47)34-32-30-28-26-24-22-20-18-16-14-12-10-8-6-4-2/h11-14,17-20,37,40-45,48-52H,3-10,15-16,21-36H2,1-2H3,(H,53,54)/b13-11+,14-12+,19-17+,20-18+/t37-,40?,41-,42+,43-,44-,45?/m1/s1. The number of unbranched alkanes of at least 4 members (excludes halogenated alkanes) is 16. The van der Waals surface area contributed by atoms with Crippen molar-refractivity contribution in [3.8, 4) is 0 Å². The number of rotatable bonds is 36. The second-order valence-electron chi connectivity index (χ2n) is 15.5. The van der Waals surface area contributed by atoms with E-state index < -0.39 is 75.7 Å². The van der Waals surface area contributed by atoms with E-state index in [0.717, 1.165) is 89.9 Å². The number of esters is 2. The van der Waals surface area contributed by atoms with E-state index in [1.54, 1.807) is 0 Å². The lowest BCUT2D eigenvalue weighted by atomic mass is 9.85. The monoisotopic (exact) mass is 859 g/mol. The van der Waals surface area contributed by atoms with E-state index in [9.17, 15) is 44.6 Å². The van der Waals surface area contributed by atoms with Crippen LogP contribution in [0.15, 0.2) is 48.6 Å². The maximum absolute atomic E-state index is 12.8. The number of hydrogen-bond donors (Lipinski definition) is 6. The van der Waals surface area contributed by atoms with Crippen LogP contribution < -0.4 is 0 Å². The van der Waals surface area contributed by atoms with E-state index in [-0.39, 0.29) is 12.8 Å². The average Bonchev–Trinajstić information content (AvgIpc) is 3.21. The Bertz CT molecular complexity index is 1220. The van der Waals surface area contributed by atoms with E-state index in [1.165, 1.54) is 38.5 Å². The van der Waals surface area contributed by atoms with Crippen LogP contribution in [-0.4, -0.2) is 98.3 Å². The molecule has 1 fully saturated rings. The highest BCUT2D eigenvalue weighted by atomic mass is 31.2. The molecule has 0 aliphatic heterocycles. The summed E-state index contributed by atoms with van der Waals surface area (Å²) < 4.78 is 33.5. The van der Waals surface area contributed by atoms with E-state index in [2.05, 4.69) is 62.5 Å². The third-order valence-corrected chi connectivity index (χ3v) is 11.1. The Balaban J connectivity index is 2.50. The summed E-state index contributed by atoms with van der Waals surface area (Å²) in [7, 11) is -5.12. The van der Waals surface area contributed by atoms with Gasteiger partial charge in [0, 0.05) is 12.8 Å². The molecule has 14 heteroatoms. The summed E-state index contributed by atoms with van der Waals surface area (Å²) in [6.07, 6.45) is 27.3. The number of phosphoric ester groups is 1. The fourth-order valence-electron chi connectivity index (χ4n) is 6.46. The first-order chi connectivity index (χ1) is 28.4. The van der Waals surface area contributed by atoms with Crippen LogP contribution in [0.3, 0.4) is 0 Å². The average molecular weight is 859 g/mol. The normalized spacial score (nSPS) is 22.8. The van der Waals surface area contributed by atoms with Crippen LogP contribution in [0.1, 0.15) is 168 Å². The fraction of sp³-hybridized carbons (Fsp3) is 0.778. The van der Waals surface area contributed by atoms with Gasteiger partial charge in [0.05, 0.1) is 6.61 Å².